The second-order valence-electron chi connectivity index (χ2n) is 5.78. The summed E-state index contributed by atoms with van der Waals surface area (Å²) in [5.74, 6) is 1.33. The highest BCUT2D eigenvalue weighted by atomic mass is 79.9. The van der Waals surface area contributed by atoms with Crippen LogP contribution in [-0.4, -0.2) is 24.4 Å². The standard InChI is InChI=1S/C17H26BrNO2/c1-3-12(4-2)16(20)11-19-15-6-5-9-21-17-10-13(18)7-8-14(15)17/h7-8,10,12,15-16,19-20H,3-6,9,11H2,1-2H3. The fourth-order valence-corrected chi connectivity index (χ4v) is 3.36. The maximum absolute atomic E-state index is 10.3. The van der Waals surface area contributed by atoms with E-state index >= 15 is 0 Å². The van der Waals surface area contributed by atoms with E-state index in [0.717, 1.165) is 42.5 Å². The van der Waals surface area contributed by atoms with Gasteiger partial charge in [0, 0.05) is 22.6 Å². The molecule has 0 saturated heterocycles. The number of ether oxygens (including phenoxy) is 1. The lowest BCUT2D eigenvalue weighted by Crippen LogP contribution is -2.34. The van der Waals surface area contributed by atoms with Crippen LogP contribution in [0.3, 0.4) is 0 Å². The number of hydrogen-bond donors (Lipinski definition) is 2. The quantitative estimate of drug-likeness (QED) is 0.808. The van der Waals surface area contributed by atoms with Gasteiger partial charge in [-0.05, 0) is 30.9 Å². The van der Waals surface area contributed by atoms with Crippen molar-refractivity contribution in [3.05, 3.63) is 28.2 Å². The molecule has 0 saturated carbocycles. The van der Waals surface area contributed by atoms with Crippen LogP contribution in [0.15, 0.2) is 22.7 Å². The van der Waals surface area contributed by atoms with Crippen LogP contribution in [0, 0.1) is 5.92 Å². The van der Waals surface area contributed by atoms with Crippen LogP contribution in [0.25, 0.3) is 0 Å². The van der Waals surface area contributed by atoms with E-state index < -0.39 is 0 Å². The summed E-state index contributed by atoms with van der Waals surface area (Å²) in [7, 11) is 0. The van der Waals surface area contributed by atoms with Gasteiger partial charge in [-0.15, -0.1) is 0 Å². The van der Waals surface area contributed by atoms with Crippen molar-refractivity contribution in [2.45, 2.75) is 51.7 Å². The van der Waals surface area contributed by atoms with Gasteiger partial charge in [0.1, 0.15) is 5.75 Å². The van der Waals surface area contributed by atoms with E-state index in [1.54, 1.807) is 0 Å². The highest BCUT2D eigenvalue weighted by Crippen LogP contribution is 2.33. The van der Waals surface area contributed by atoms with Crippen LogP contribution in [0.5, 0.6) is 5.75 Å². The maximum Gasteiger partial charge on any atom is 0.125 e. The summed E-state index contributed by atoms with van der Waals surface area (Å²) in [4.78, 5) is 0. The molecule has 3 nitrogen and oxygen atoms in total. The Balaban J connectivity index is 2.03. The molecule has 1 aliphatic heterocycles. The topological polar surface area (TPSA) is 41.5 Å². The van der Waals surface area contributed by atoms with Gasteiger partial charge < -0.3 is 15.2 Å². The molecule has 1 aromatic carbocycles. The van der Waals surface area contributed by atoms with Crippen molar-refractivity contribution in [3.8, 4) is 5.75 Å². The third-order valence-corrected chi connectivity index (χ3v) is 4.91. The maximum atomic E-state index is 10.3. The van der Waals surface area contributed by atoms with Crippen molar-refractivity contribution in [2.24, 2.45) is 5.92 Å². The molecule has 118 valence electrons. The predicted octanol–water partition coefficient (Wildman–Crippen LogP) is 4.05. The lowest BCUT2D eigenvalue weighted by Gasteiger charge is -2.24. The SMILES string of the molecule is CCC(CC)C(O)CNC1CCCOc2cc(Br)ccc21. The van der Waals surface area contributed by atoms with Crippen molar-refractivity contribution < 1.29 is 9.84 Å². The number of fused-ring (bicyclic) bond motifs is 1. The molecule has 4 heteroatoms. The van der Waals surface area contributed by atoms with Gasteiger partial charge >= 0.3 is 0 Å². The molecule has 1 aromatic rings. The Morgan fingerprint density at radius 1 is 1.38 bits per heavy atom. The highest BCUT2D eigenvalue weighted by Gasteiger charge is 2.22. The van der Waals surface area contributed by atoms with Crippen molar-refractivity contribution in [1.82, 2.24) is 5.32 Å². The Kier molecular flexibility index (Phi) is 6.52. The van der Waals surface area contributed by atoms with Gasteiger partial charge in [-0.1, -0.05) is 48.7 Å². The van der Waals surface area contributed by atoms with E-state index in [1.165, 1.54) is 5.56 Å². The summed E-state index contributed by atoms with van der Waals surface area (Å²) in [5, 5.41) is 13.8. The molecule has 21 heavy (non-hydrogen) atoms. The molecule has 1 aliphatic rings. The Morgan fingerprint density at radius 2 is 2.14 bits per heavy atom. The Labute approximate surface area is 136 Å². The van der Waals surface area contributed by atoms with Crippen molar-refractivity contribution in [1.29, 1.82) is 0 Å². The summed E-state index contributed by atoms with van der Waals surface area (Å²) < 4.78 is 6.86. The van der Waals surface area contributed by atoms with E-state index in [4.69, 9.17) is 4.74 Å². The molecular formula is C17H26BrNO2. The second-order valence-corrected chi connectivity index (χ2v) is 6.69. The molecular weight excluding hydrogens is 330 g/mol. The van der Waals surface area contributed by atoms with Crippen LogP contribution in [0.4, 0.5) is 0 Å². The first-order valence-corrected chi connectivity index (χ1v) is 8.78. The minimum absolute atomic E-state index is 0.264. The van der Waals surface area contributed by atoms with Crippen LogP contribution in [0.1, 0.15) is 51.1 Å². The molecule has 2 atom stereocenters. The highest BCUT2D eigenvalue weighted by molar-refractivity contribution is 9.10. The molecule has 0 fully saturated rings. The van der Waals surface area contributed by atoms with E-state index in [2.05, 4.69) is 47.2 Å². The number of benzene rings is 1. The van der Waals surface area contributed by atoms with E-state index in [1.807, 2.05) is 6.07 Å². The van der Waals surface area contributed by atoms with E-state index in [0.29, 0.717) is 12.5 Å². The molecule has 1 heterocycles. The molecule has 0 radical (unpaired) electrons. The number of aliphatic hydroxyl groups is 1. The van der Waals surface area contributed by atoms with Crippen molar-refractivity contribution in [3.63, 3.8) is 0 Å². The molecule has 2 N–H and O–H groups in total. The Morgan fingerprint density at radius 3 is 2.86 bits per heavy atom. The molecule has 0 aliphatic carbocycles. The minimum atomic E-state index is -0.275. The molecule has 0 amide bonds. The zero-order valence-corrected chi connectivity index (χ0v) is 14.5. The normalized spacial score (nSPS) is 19.8. The van der Waals surface area contributed by atoms with Crippen LogP contribution in [0.2, 0.25) is 0 Å². The number of rotatable bonds is 6. The van der Waals surface area contributed by atoms with Crippen LogP contribution in [-0.2, 0) is 0 Å². The summed E-state index contributed by atoms with van der Waals surface area (Å²) >= 11 is 3.50. The first-order valence-electron chi connectivity index (χ1n) is 7.99. The predicted molar refractivity (Wildman–Crippen MR) is 89.7 cm³/mol. The average molecular weight is 356 g/mol. The second kappa shape index (κ2) is 8.16. The van der Waals surface area contributed by atoms with Crippen LogP contribution >= 0.6 is 15.9 Å². The molecule has 0 spiro atoms. The fourth-order valence-electron chi connectivity index (χ4n) is 3.02. The smallest absolute Gasteiger partial charge is 0.125 e. The summed E-state index contributed by atoms with van der Waals surface area (Å²) in [5.41, 5.74) is 1.20. The zero-order chi connectivity index (χ0) is 15.2. The summed E-state index contributed by atoms with van der Waals surface area (Å²) in [6.07, 6.45) is 3.85. The fraction of sp³-hybridized carbons (Fsp3) is 0.647. The number of halogens is 1. The molecule has 0 bridgehead atoms. The van der Waals surface area contributed by atoms with Crippen molar-refractivity contribution >= 4 is 15.9 Å². The van der Waals surface area contributed by atoms with Gasteiger partial charge in [0.15, 0.2) is 0 Å². The van der Waals surface area contributed by atoms with Gasteiger partial charge in [-0.25, -0.2) is 0 Å². The summed E-state index contributed by atoms with van der Waals surface area (Å²) in [6.45, 7) is 5.69. The third-order valence-electron chi connectivity index (χ3n) is 4.41. The van der Waals surface area contributed by atoms with Gasteiger partial charge in [0.2, 0.25) is 0 Å². The van der Waals surface area contributed by atoms with Crippen LogP contribution < -0.4 is 10.1 Å². The van der Waals surface area contributed by atoms with E-state index in [9.17, 15) is 5.11 Å². The third kappa shape index (κ3) is 4.44. The monoisotopic (exact) mass is 355 g/mol. The summed E-state index contributed by atoms with van der Waals surface area (Å²) in [6, 6.07) is 6.47. The first-order chi connectivity index (χ1) is 10.2. The Hall–Kier alpha value is -0.580. The molecule has 0 aromatic heterocycles. The van der Waals surface area contributed by atoms with Crippen molar-refractivity contribution in [2.75, 3.05) is 13.2 Å². The Bertz CT molecular complexity index is 448. The molecule has 2 rings (SSSR count). The lowest BCUT2D eigenvalue weighted by atomic mass is 9.95. The van der Waals surface area contributed by atoms with Gasteiger partial charge in [-0.3, -0.25) is 0 Å². The number of nitrogens with one attached hydrogen (secondary N) is 1. The largest absolute Gasteiger partial charge is 0.493 e. The first kappa shape index (κ1) is 16.8. The van der Waals surface area contributed by atoms with Gasteiger partial charge in [-0.2, -0.15) is 0 Å². The zero-order valence-electron chi connectivity index (χ0n) is 12.9. The minimum Gasteiger partial charge on any atom is -0.493 e. The number of hydrogen-bond acceptors (Lipinski definition) is 3. The lowest BCUT2D eigenvalue weighted by molar-refractivity contribution is 0.0979. The average Bonchev–Trinajstić information content (AvgIpc) is 2.68. The van der Waals surface area contributed by atoms with Gasteiger partial charge in [0.25, 0.3) is 0 Å². The molecule has 2 unspecified atom stereocenters. The van der Waals surface area contributed by atoms with E-state index in [-0.39, 0.29) is 12.1 Å². The number of aliphatic hydroxyl groups excluding tert-OH is 1. The van der Waals surface area contributed by atoms with Gasteiger partial charge in [0.05, 0.1) is 12.7 Å².